The lowest BCUT2D eigenvalue weighted by Crippen LogP contribution is -2.26. The molecule has 13 heavy (non-hydrogen) atoms. The first-order valence-corrected chi connectivity index (χ1v) is 5.73. The van der Waals surface area contributed by atoms with Gasteiger partial charge >= 0.3 is 0 Å². The molecule has 0 aromatic carbocycles. The monoisotopic (exact) mass is 203 g/mol. The van der Waals surface area contributed by atoms with E-state index in [4.69, 9.17) is 0 Å². The highest BCUT2D eigenvalue weighted by Crippen LogP contribution is 2.10. The van der Waals surface area contributed by atoms with E-state index in [9.17, 15) is 8.42 Å². The molecule has 0 fully saturated rings. The Hall–Kier alpha value is -0.880. The number of aromatic nitrogens is 2. The topological polar surface area (TPSA) is 64.0 Å². The molecule has 0 aliphatic heterocycles. The molecule has 1 rings (SSSR count). The fourth-order valence-electron chi connectivity index (χ4n) is 1.17. The molecule has 0 aliphatic carbocycles. The lowest BCUT2D eigenvalue weighted by molar-refractivity contribution is 0.565. The van der Waals surface area contributed by atoms with Crippen LogP contribution in [0, 0.1) is 0 Å². The van der Waals surface area contributed by atoms with Gasteiger partial charge in [-0.05, 0) is 6.92 Å². The maximum absolute atomic E-state index is 10.9. The molecule has 0 spiro atoms. The fraction of sp³-hybridized carbons (Fsp3) is 0.571. The van der Waals surface area contributed by atoms with Gasteiger partial charge < -0.3 is 4.57 Å². The van der Waals surface area contributed by atoms with Crippen molar-refractivity contribution in [2.75, 3.05) is 6.26 Å². The van der Waals surface area contributed by atoms with E-state index in [0.29, 0.717) is 0 Å². The molecule has 0 radical (unpaired) electrons. The summed E-state index contributed by atoms with van der Waals surface area (Å²) in [5.74, 6) is 0. The number of imidazole rings is 1. The summed E-state index contributed by atoms with van der Waals surface area (Å²) >= 11 is 0. The highest BCUT2D eigenvalue weighted by atomic mass is 32.2. The van der Waals surface area contributed by atoms with Gasteiger partial charge in [-0.2, -0.15) is 0 Å². The Morgan fingerprint density at radius 3 is 2.62 bits per heavy atom. The van der Waals surface area contributed by atoms with E-state index in [0.717, 1.165) is 11.9 Å². The summed E-state index contributed by atoms with van der Waals surface area (Å²) < 4.78 is 26.1. The molecule has 0 aliphatic rings. The first-order valence-electron chi connectivity index (χ1n) is 3.83. The molecule has 1 unspecified atom stereocenters. The largest absolute Gasteiger partial charge is 0.336 e. The normalized spacial score (nSPS) is 14.4. The minimum atomic E-state index is -3.16. The predicted octanol–water partition coefficient (Wildman–Crippen LogP) is 0.0303. The van der Waals surface area contributed by atoms with Gasteiger partial charge in [-0.3, -0.25) is 0 Å². The second-order valence-corrected chi connectivity index (χ2v) is 4.82. The Morgan fingerprint density at radius 1 is 1.62 bits per heavy atom. The van der Waals surface area contributed by atoms with Gasteiger partial charge in [-0.15, -0.1) is 0 Å². The number of aryl methyl sites for hydroxylation is 1. The van der Waals surface area contributed by atoms with Crippen LogP contribution in [0.5, 0.6) is 0 Å². The van der Waals surface area contributed by atoms with Crippen molar-refractivity contribution in [3.8, 4) is 0 Å². The summed E-state index contributed by atoms with van der Waals surface area (Å²) in [6.07, 6.45) is 4.42. The maximum Gasteiger partial charge on any atom is 0.209 e. The van der Waals surface area contributed by atoms with Crippen molar-refractivity contribution >= 4 is 10.0 Å². The third-order valence-electron chi connectivity index (χ3n) is 1.69. The SMILES string of the molecule is CC(NS(C)(=O)=O)c1cncn1C. The Bertz CT molecular complexity index is 382. The molecule has 74 valence electrons. The van der Waals surface area contributed by atoms with Crippen LogP contribution in [0.25, 0.3) is 0 Å². The van der Waals surface area contributed by atoms with Crippen LogP contribution in [0.2, 0.25) is 0 Å². The molecular formula is C7H13N3O2S. The van der Waals surface area contributed by atoms with Gasteiger partial charge in [0.2, 0.25) is 10.0 Å². The number of rotatable bonds is 3. The van der Waals surface area contributed by atoms with E-state index < -0.39 is 10.0 Å². The average Bonchev–Trinajstić information content (AvgIpc) is 2.30. The van der Waals surface area contributed by atoms with E-state index >= 15 is 0 Å². The Labute approximate surface area is 77.8 Å². The van der Waals surface area contributed by atoms with Crippen molar-refractivity contribution in [2.45, 2.75) is 13.0 Å². The van der Waals surface area contributed by atoms with Crippen molar-refractivity contribution in [2.24, 2.45) is 7.05 Å². The Morgan fingerprint density at radius 2 is 2.23 bits per heavy atom. The fourth-order valence-corrected chi connectivity index (χ4v) is 1.93. The zero-order chi connectivity index (χ0) is 10.1. The molecule has 6 heteroatoms. The smallest absolute Gasteiger partial charge is 0.209 e. The van der Waals surface area contributed by atoms with Crippen molar-refractivity contribution in [3.63, 3.8) is 0 Å². The molecule has 0 saturated carbocycles. The van der Waals surface area contributed by atoms with Gasteiger partial charge in [-0.1, -0.05) is 0 Å². The Balaban J connectivity index is 2.81. The molecule has 0 amide bonds. The van der Waals surface area contributed by atoms with Crippen LogP contribution in [-0.2, 0) is 17.1 Å². The van der Waals surface area contributed by atoms with Crippen LogP contribution >= 0.6 is 0 Å². The summed E-state index contributed by atoms with van der Waals surface area (Å²) in [4.78, 5) is 3.90. The summed E-state index contributed by atoms with van der Waals surface area (Å²) in [5, 5.41) is 0. The summed E-state index contributed by atoms with van der Waals surface area (Å²) in [5.41, 5.74) is 0.838. The van der Waals surface area contributed by atoms with Crippen molar-refractivity contribution in [1.82, 2.24) is 14.3 Å². The number of hydrogen-bond acceptors (Lipinski definition) is 3. The van der Waals surface area contributed by atoms with Gasteiger partial charge in [-0.25, -0.2) is 18.1 Å². The highest BCUT2D eigenvalue weighted by Gasteiger charge is 2.13. The van der Waals surface area contributed by atoms with Gasteiger partial charge in [0.05, 0.1) is 24.3 Å². The zero-order valence-electron chi connectivity index (χ0n) is 7.85. The first kappa shape index (κ1) is 10.2. The van der Waals surface area contributed by atoms with Gasteiger partial charge in [0.15, 0.2) is 0 Å². The molecule has 1 aromatic heterocycles. The highest BCUT2D eigenvalue weighted by molar-refractivity contribution is 7.88. The Kier molecular flexibility index (Phi) is 2.72. The van der Waals surface area contributed by atoms with Crippen molar-refractivity contribution in [3.05, 3.63) is 18.2 Å². The number of sulfonamides is 1. The number of hydrogen-bond donors (Lipinski definition) is 1. The minimum Gasteiger partial charge on any atom is -0.336 e. The average molecular weight is 203 g/mol. The van der Waals surface area contributed by atoms with Crippen molar-refractivity contribution < 1.29 is 8.42 Å². The van der Waals surface area contributed by atoms with Crippen LogP contribution in [0.15, 0.2) is 12.5 Å². The minimum absolute atomic E-state index is 0.248. The van der Waals surface area contributed by atoms with Crippen LogP contribution < -0.4 is 4.72 Å². The summed E-state index contributed by atoms with van der Waals surface area (Å²) in [6, 6.07) is -0.248. The number of nitrogens with zero attached hydrogens (tertiary/aromatic N) is 2. The molecular weight excluding hydrogens is 190 g/mol. The van der Waals surface area contributed by atoms with Gasteiger partial charge in [0, 0.05) is 13.2 Å². The predicted molar refractivity (Wildman–Crippen MR) is 49.6 cm³/mol. The summed E-state index contributed by atoms with van der Waals surface area (Å²) in [6.45, 7) is 1.78. The lowest BCUT2D eigenvalue weighted by atomic mass is 10.3. The second-order valence-electron chi connectivity index (χ2n) is 3.04. The first-order chi connectivity index (χ1) is 5.90. The van der Waals surface area contributed by atoms with Crippen LogP contribution in [-0.4, -0.2) is 24.2 Å². The second kappa shape index (κ2) is 3.47. The molecule has 1 heterocycles. The van der Waals surface area contributed by atoms with E-state index in [1.54, 1.807) is 24.0 Å². The standard InChI is InChI=1S/C7H13N3O2S/c1-6(9-13(3,11)12)7-4-8-5-10(7)2/h4-6,9H,1-3H3. The molecule has 0 bridgehead atoms. The quantitative estimate of drug-likeness (QED) is 0.753. The van der Waals surface area contributed by atoms with Gasteiger partial charge in [0.25, 0.3) is 0 Å². The van der Waals surface area contributed by atoms with E-state index in [1.165, 1.54) is 0 Å². The molecule has 0 saturated heterocycles. The van der Waals surface area contributed by atoms with Crippen LogP contribution in [0.4, 0.5) is 0 Å². The maximum atomic E-state index is 10.9. The van der Waals surface area contributed by atoms with E-state index in [1.807, 2.05) is 7.05 Å². The van der Waals surface area contributed by atoms with Gasteiger partial charge in [0.1, 0.15) is 0 Å². The number of nitrogens with one attached hydrogen (secondary N) is 1. The van der Waals surface area contributed by atoms with Crippen molar-refractivity contribution in [1.29, 1.82) is 0 Å². The summed E-state index contributed by atoms with van der Waals surface area (Å²) in [7, 11) is -1.34. The van der Waals surface area contributed by atoms with Crippen LogP contribution in [0.3, 0.4) is 0 Å². The van der Waals surface area contributed by atoms with E-state index in [-0.39, 0.29) is 6.04 Å². The zero-order valence-corrected chi connectivity index (χ0v) is 8.67. The third-order valence-corrected chi connectivity index (χ3v) is 2.47. The molecule has 1 aromatic rings. The third kappa shape index (κ3) is 2.82. The molecule has 1 atom stereocenters. The lowest BCUT2D eigenvalue weighted by Gasteiger charge is -2.11. The molecule has 1 N–H and O–H groups in total. The van der Waals surface area contributed by atoms with E-state index in [2.05, 4.69) is 9.71 Å². The van der Waals surface area contributed by atoms with Crippen LogP contribution in [0.1, 0.15) is 18.7 Å². The molecule has 5 nitrogen and oxygen atoms in total.